The van der Waals surface area contributed by atoms with E-state index >= 15 is 0 Å². The van der Waals surface area contributed by atoms with Gasteiger partial charge in [0.15, 0.2) is 0 Å². The molecule has 0 saturated heterocycles. The van der Waals surface area contributed by atoms with Crippen LogP contribution in [0.25, 0.3) is 0 Å². The van der Waals surface area contributed by atoms with Gasteiger partial charge in [-0.05, 0) is 23.8 Å². The molecular weight excluding hydrogens is 154 g/mol. The number of nitrogens with zero attached hydrogens (tertiary/aromatic N) is 1. The maximum atomic E-state index is 3.02. The first-order valence-corrected chi connectivity index (χ1v) is 4.68. The Morgan fingerprint density at radius 3 is 2.73 bits per heavy atom. The highest BCUT2D eigenvalue weighted by atomic mass is 32.2. The van der Waals surface area contributed by atoms with Gasteiger partial charge in [-0.1, -0.05) is 18.7 Å². The van der Waals surface area contributed by atoms with Gasteiger partial charge in [0, 0.05) is 24.2 Å². The van der Waals surface area contributed by atoms with E-state index in [1.807, 2.05) is 29.1 Å². The summed E-state index contributed by atoms with van der Waals surface area (Å²) in [5.74, 6) is 1.12. The average Bonchev–Trinajstić information content (AvgIpc) is 2.50. The van der Waals surface area contributed by atoms with Gasteiger partial charge in [-0.15, -0.1) is 0 Å². The maximum absolute atomic E-state index is 3.02. The van der Waals surface area contributed by atoms with E-state index < -0.39 is 0 Å². The van der Waals surface area contributed by atoms with Crippen molar-refractivity contribution in [1.29, 1.82) is 0 Å². The molecule has 1 heterocycles. The van der Waals surface area contributed by atoms with Crippen LogP contribution in [0.4, 0.5) is 0 Å². The van der Waals surface area contributed by atoms with Crippen molar-refractivity contribution in [2.45, 2.75) is 13.3 Å². The molecule has 1 aromatic heterocycles. The Kier molecular flexibility index (Phi) is 3.71. The molecule has 0 bridgehead atoms. The molecule has 1 rings (SSSR count). The predicted molar refractivity (Wildman–Crippen MR) is 50.4 cm³/mol. The highest BCUT2D eigenvalue weighted by Crippen LogP contribution is 1.97. The number of thioether (sulfide) groups is 1. The number of hydrogen-bond donors (Lipinski definition) is 0. The highest BCUT2D eigenvalue weighted by Gasteiger charge is 1.78. The summed E-state index contributed by atoms with van der Waals surface area (Å²) in [6.45, 7) is 2.16. The van der Waals surface area contributed by atoms with Gasteiger partial charge in [-0.3, -0.25) is 4.57 Å². The van der Waals surface area contributed by atoms with Crippen molar-refractivity contribution in [2.24, 2.45) is 0 Å². The lowest BCUT2D eigenvalue weighted by Crippen LogP contribution is -1.79. The molecule has 0 spiro atoms. The third-order valence-electron chi connectivity index (χ3n) is 1.16. The Morgan fingerprint density at radius 2 is 2.09 bits per heavy atom. The van der Waals surface area contributed by atoms with Crippen molar-refractivity contribution in [2.75, 3.05) is 5.75 Å². The van der Waals surface area contributed by atoms with Gasteiger partial charge < -0.3 is 0 Å². The van der Waals surface area contributed by atoms with E-state index in [1.165, 1.54) is 6.42 Å². The molecule has 0 N–H and O–H groups in total. The Labute approximate surface area is 71.8 Å². The lowest BCUT2D eigenvalue weighted by atomic mass is 10.6. The van der Waals surface area contributed by atoms with E-state index in [-0.39, 0.29) is 0 Å². The monoisotopic (exact) mass is 165 g/mol. The molecule has 0 saturated carbocycles. The van der Waals surface area contributed by atoms with Gasteiger partial charge in [0.25, 0.3) is 0 Å². The second-order valence-electron chi connectivity index (χ2n) is 2.15. The van der Waals surface area contributed by atoms with Crippen LogP contribution in [0.3, 0.4) is 0 Å². The Morgan fingerprint density at radius 1 is 1.36 bits per heavy atom. The first-order chi connectivity index (χ1) is 5.43. The molecule has 58 valence electrons. The quantitative estimate of drug-likeness (QED) is 0.481. The topological polar surface area (TPSA) is 4.93 Å². The molecule has 0 amide bonds. The molecule has 0 aromatic carbocycles. The van der Waals surface area contributed by atoms with E-state index in [9.17, 15) is 0 Å². The first kappa shape index (κ1) is 8.29. The molecule has 0 fully saturated rings. The average molecular weight is 165 g/mol. The van der Waals surface area contributed by atoms with E-state index in [2.05, 4.69) is 18.2 Å². The Bertz CT molecular complexity index is 240. The maximum Gasteiger partial charge on any atom is 0.0283 e. The zero-order chi connectivity index (χ0) is 7.94. The second kappa shape index (κ2) is 4.92. The van der Waals surface area contributed by atoms with Crippen molar-refractivity contribution < 1.29 is 0 Å². The van der Waals surface area contributed by atoms with E-state index in [4.69, 9.17) is 0 Å². The Hall–Kier alpha value is -0.810. The molecule has 1 nitrogen and oxygen atoms in total. The zero-order valence-electron chi connectivity index (χ0n) is 6.58. The molecule has 2 heteroatoms. The molecule has 0 radical (unpaired) electrons. The van der Waals surface area contributed by atoms with Gasteiger partial charge in [0.05, 0.1) is 0 Å². The summed E-state index contributed by atoms with van der Waals surface area (Å²) in [4.78, 5) is 0. The molecular formula is C9H11NS. The number of aromatic nitrogens is 1. The summed E-state index contributed by atoms with van der Waals surface area (Å²) in [5, 5.41) is 3.02. The van der Waals surface area contributed by atoms with Gasteiger partial charge >= 0.3 is 0 Å². The summed E-state index contributed by atoms with van der Waals surface area (Å²) in [7, 11) is 0. The van der Waals surface area contributed by atoms with Crippen LogP contribution in [0, 0.1) is 11.3 Å². The molecule has 1 aromatic rings. The standard InChI is InChI=1S/C9H11NS/c1-2-8-11-9-7-10-5-3-4-6-10/h3-6H,2,8H2,1H3. The van der Waals surface area contributed by atoms with Crippen LogP contribution >= 0.6 is 11.8 Å². The number of rotatable bonds is 2. The van der Waals surface area contributed by atoms with Gasteiger partial charge in [0.2, 0.25) is 0 Å². The summed E-state index contributed by atoms with van der Waals surface area (Å²) in [5.41, 5.74) is 0. The van der Waals surface area contributed by atoms with Crippen LogP contribution in [0.5, 0.6) is 0 Å². The summed E-state index contributed by atoms with van der Waals surface area (Å²) < 4.78 is 1.86. The lowest BCUT2D eigenvalue weighted by Gasteiger charge is -1.85. The third kappa shape index (κ3) is 3.20. The molecule has 0 atom stereocenters. The van der Waals surface area contributed by atoms with Crippen molar-refractivity contribution >= 4 is 11.8 Å². The largest absolute Gasteiger partial charge is 0.284 e. The fourth-order valence-electron chi connectivity index (χ4n) is 0.647. The minimum absolute atomic E-state index is 1.12. The molecule has 0 aliphatic heterocycles. The fraction of sp³-hybridized carbons (Fsp3) is 0.333. The van der Waals surface area contributed by atoms with E-state index in [1.54, 1.807) is 11.8 Å². The summed E-state index contributed by atoms with van der Waals surface area (Å²) >= 11 is 1.67. The van der Waals surface area contributed by atoms with Crippen molar-refractivity contribution in [1.82, 2.24) is 4.57 Å². The normalized spacial score (nSPS) is 8.82. The van der Waals surface area contributed by atoms with Crippen molar-refractivity contribution in [3.63, 3.8) is 0 Å². The van der Waals surface area contributed by atoms with Crippen LogP contribution in [0.2, 0.25) is 0 Å². The van der Waals surface area contributed by atoms with Crippen LogP contribution in [-0.2, 0) is 0 Å². The minimum Gasteiger partial charge on any atom is -0.284 e. The van der Waals surface area contributed by atoms with Crippen molar-refractivity contribution in [3.8, 4) is 11.3 Å². The molecule has 0 unspecified atom stereocenters. The van der Waals surface area contributed by atoms with Gasteiger partial charge in [0.1, 0.15) is 0 Å². The first-order valence-electron chi connectivity index (χ1n) is 3.69. The lowest BCUT2D eigenvalue weighted by molar-refractivity contribution is 1.11. The van der Waals surface area contributed by atoms with Crippen LogP contribution in [-0.4, -0.2) is 10.3 Å². The zero-order valence-corrected chi connectivity index (χ0v) is 7.40. The fourth-order valence-corrected chi connectivity index (χ4v) is 1.12. The predicted octanol–water partition coefficient (Wildman–Crippen LogP) is 2.40. The van der Waals surface area contributed by atoms with E-state index in [0.29, 0.717) is 0 Å². The summed E-state index contributed by atoms with van der Waals surface area (Å²) in [6.07, 6.45) is 5.07. The second-order valence-corrected chi connectivity index (χ2v) is 3.05. The van der Waals surface area contributed by atoms with Crippen molar-refractivity contribution in [3.05, 3.63) is 24.5 Å². The van der Waals surface area contributed by atoms with Crippen LogP contribution < -0.4 is 0 Å². The van der Waals surface area contributed by atoms with Crippen LogP contribution in [0.1, 0.15) is 13.3 Å². The molecule has 0 aliphatic carbocycles. The molecule has 0 aliphatic rings. The van der Waals surface area contributed by atoms with E-state index in [0.717, 1.165) is 5.75 Å². The smallest absolute Gasteiger partial charge is 0.0283 e. The highest BCUT2D eigenvalue weighted by molar-refractivity contribution is 8.03. The summed E-state index contributed by atoms with van der Waals surface area (Å²) in [6, 6.07) is 6.93. The van der Waals surface area contributed by atoms with Gasteiger partial charge in [-0.2, -0.15) is 0 Å². The van der Waals surface area contributed by atoms with Crippen LogP contribution in [0.15, 0.2) is 24.5 Å². The number of hydrogen-bond acceptors (Lipinski definition) is 1. The minimum atomic E-state index is 1.12. The third-order valence-corrected chi connectivity index (χ3v) is 2.01. The molecule has 11 heavy (non-hydrogen) atoms. The van der Waals surface area contributed by atoms with Gasteiger partial charge in [-0.25, -0.2) is 0 Å². The SMILES string of the molecule is CCCSC#Cn1cccc1. The Balaban J connectivity index is 2.33.